The lowest BCUT2D eigenvalue weighted by atomic mass is 10.1. The Labute approximate surface area is 95.0 Å². The second kappa shape index (κ2) is 4.74. The Morgan fingerprint density at radius 1 is 1.44 bits per heavy atom. The van der Waals surface area contributed by atoms with Crippen molar-refractivity contribution in [3.8, 4) is 0 Å². The number of nitrogens with zero attached hydrogens (tertiary/aromatic N) is 3. The molecule has 0 unspecified atom stereocenters. The Balaban J connectivity index is 3.29. The molecule has 0 aliphatic heterocycles. The van der Waals surface area contributed by atoms with Crippen LogP contribution in [0.25, 0.3) is 0 Å². The van der Waals surface area contributed by atoms with Gasteiger partial charge in [-0.05, 0) is 38.8 Å². The summed E-state index contributed by atoms with van der Waals surface area (Å²) in [5.41, 5.74) is 8.05. The zero-order chi connectivity index (χ0) is 12.3. The zero-order valence-electron chi connectivity index (χ0n) is 9.98. The van der Waals surface area contributed by atoms with Gasteiger partial charge in [-0.2, -0.15) is 10.1 Å². The van der Waals surface area contributed by atoms with Crippen LogP contribution in [0.4, 0.5) is 10.6 Å². The van der Waals surface area contributed by atoms with E-state index in [-0.39, 0.29) is 0 Å². The molecular formula is C11H16N4O. The van der Waals surface area contributed by atoms with E-state index in [1.54, 1.807) is 6.92 Å². The van der Waals surface area contributed by atoms with Crippen LogP contribution in [0, 0.1) is 20.8 Å². The molecule has 16 heavy (non-hydrogen) atoms. The first-order valence-electron chi connectivity index (χ1n) is 5.00. The summed E-state index contributed by atoms with van der Waals surface area (Å²) in [4.78, 5) is 15.6. The molecular weight excluding hydrogens is 204 g/mol. The third-order valence-corrected chi connectivity index (χ3v) is 2.27. The van der Waals surface area contributed by atoms with Crippen molar-refractivity contribution in [1.29, 1.82) is 0 Å². The van der Waals surface area contributed by atoms with Crippen molar-refractivity contribution in [2.24, 2.45) is 10.8 Å². The van der Waals surface area contributed by atoms with Crippen LogP contribution in [0.2, 0.25) is 0 Å². The highest BCUT2D eigenvalue weighted by Gasteiger charge is 2.15. The number of nitrogens with two attached hydrogens (primary N) is 1. The van der Waals surface area contributed by atoms with Crippen LogP contribution >= 0.6 is 0 Å². The Hall–Kier alpha value is -1.91. The molecule has 5 nitrogen and oxygen atoms in total. The molecule has 0 radical (unpaired) electrons. The fourth-order valence-electron chi connectivity index (χ4n) is 1.37. The molecule has 0 saturated heterocycles. The lowest BCUT2D eigenvalue weighted by Gasteiger charge is -2.16. The number of hydrogen-bond donors (Lipinski definition) is 1. The number of anilines is 1. The number of aromatic nitrogens is 1. The number of urea groups is 1. The Bertz CT molecular complexity index is 440. The molecule has 0 fully saturated rings. The van der Waals surface area contributed by atoms with Crippen molar-refractivity contribution in [1.82, 2.24) is 4.98 Å². The predicted molar refractivity (Wildman–Crippen MR) is 64.7 cm³/mol. The highest BCUT2D eigenvalue weighted by molar-refractivity contribution is 5.90. The van der Waals surface area contributed by atoms with Gasteiger partial charge < -0.3 is 5.73 Å². The fourth-order valence-corrected chi connectivity index (χ4v) is 1.37. The van der Waals surface area contributed by atoms with Crippen LogP contribution in [0.15, 0.2) is 11.2 Å². The summed E-state index contributed by atoms with van der Waals surface area (Å²) in [5, 5.41) is 5.00. The SMILES string of the molecule is C/C=N\N(C(N)=O)c1nc(C)c(C)cc1C. The molecule has 2 amide bonds. The number of aryl methyl sites for hydroxylation is 3. The molecule has 1 aromatic heterocycles. The molecule has 1 aromatic rings. The van der Waals surface area contributed by atoms with Crippen molar-refractivity contribution in [3.05, 3.63) is 22.9 Å². The second-order valence-electron chi connectivity index (χ2n) is 3.55. The number of primary amides is 1. The molecule has 5 heteroatoms. The molecule has 0 spiro atoms. The van der Waals surface area contributed by atoms with Gasteiger partial charge in [0.05, 0.1) is 0 Å². The van der Waals surface area contributed by atoms with E-state index in [4.69, 9.17) is 5.73 Å². The van der Waals surface area contributed by atoms with Crippen LogP contribution in [0.5, 0.6) is 0 Å². The number of amides is 2. The van der Waals surface area contributed by atoms with E-state index in [1.165, 1.54) is 6.21 Å². The molecule has 1 rings (SSSR count). The highest BCUT2D eigenvalue weighted by Crippen LogP contribution is 2.20. The van der Waals surface area contributed by atoms with Gasteiger partial charge >= 0.3 is 6.03 Å². The molecule has 2 N–H and O–H groups in total. The van der Waals surface area contributed by atoms with E-state index in [9.17, 15) is 4.79 Å². The summed E-state index contributed by atoms with van der Waals surface area (Å²) in [6.07, 6.45) is 1.50. The number of hydrogen-bond acceptors (Lipinski definition) is 3. The standard InChI is InChI=1S/C11H16N4O/c1-5-13-15(11(12)16)10-8(3)6-7(2)9(4)14-10/h5-6H,1-4H3,(H2,12,16)/b13-5-. The smallest absolute Gasteiger partial charge is 0.341 e. The normalized spacial score (nSPS) is 10.8. The van der Waals surface area contributed by atoms with Crippen molar-refractivity contribution in [2.45, 2.75) is 27.7 Å². The first-order chi connectivity index (χ1) is 7.47. The van der Waals surface area contributed by atoms with Crippen molar-refractivity contribution >= 4 is 18.1 Å². The van der Waals surface area contributed by atoms with E-state index in [1.807, 2.05) is 26.8 Å². The monoisotopic (exact) mass is 220 g/mol. The van der Waals surface area contributed by atoms with Gasteiger partial charge in [0.1, 0.15) is 0 Å². The van der Waals surface area contributed by atoms with E-state index in [0.717, 1.165) is 21.8 Å². The van der Waals surface area contributed by atoms with Crippen molar-refractivity contribution in [3.63, 3.8) is 0 Å². The Morgan fingerprint density at radius 3 is 2.56 bits per heavy atom. The lowest BCUT2D eigenvalue weighted by molar-refractivity contribution is 0.254. The Kier molecular flexibility index (Phi) is 3.60. The molecule has 0 atom stereocenters. The molecule has 86 valence electrons. The predicted octanol–water partition coefficient (Wildman–Crippen LogP) is 1.90. The summed E-state index contributed by atoms with van der Waals surface area (Å²) < 4.78 is 0. The minimum Gasteiger partial charge on any atom is -0.350 e. The van der Waals surface area contributed by atoms with Crippen LogP contribution < -0.4 is 10.7 Å². The van der Waals surface area contributed by atoms with Crippen LogP contribution in [-0.2, 0) is 0 Å². The molecule has 0 saturated carbocycles. The topological polar surface area (TPSA) is 71.6 Å². The minimum atomic E-state index is -0.642. The lowest BCUT2D eigenvalue weighted by Crippen LogP contribution is -2.32. The fraction of sp³-hybridized carbons (Fsp3) is 0.364. The number of pyridine rings is 1. The molecule has 0 aromatic carbocycles. The summed E-state index contributed by atoms with van der Waals surface area (Å²) in [6, 6.07) is 1.32. The second-order valence-corrected chi connectivity index (χ2v) is 3.55. The quantitative estimate of drug-likeness (QED) is 0.610. The number of carbonyl (C=O) groups is 1. The van der Waals surface area contributed by atoms with Crippen molar-refractivity contribution < 1.29 is 4.79 Å². The first kappa shape index (κ1) is 12.2. The van der Waals surface area contributed by atoms with Gasteiger partial charge in [-0.25, -0.2) is 9.78 Å². The van der Waals surface area contributed by atoms with Gasteiger partial charge in [0.2, 0.25) is 0 Å². The summed E-state index contributed by atoms with van der Waals surface area (Å²) in [5.74, 6) is 0.480. The van der Waals surface area contributed by atoms with Gasteiger partial charge in [-0.1, -0.05) is 6.07 Å². The minimum absolute atomic E-state index is 0.480. The average Bonchev–Trinajstić information content (AvgIpc) is 2.20. The highest BCUT2D eigenvalue weighted by atomic mass is 16.2. The van der Waals surface area contributed by atoms with Gasteiger partial charge in [-0.15, -0.1) is 0 Å². The van der Waals surface area contributed by atoms with E-state index >= 15 is 0 Å². The number of carbonyl (C=O) groups excluding carboxylic acids is 1. The van der Waals surface area contributed by atoms with E-state index in [2.05, 4.69) is 10.1 Å². The molecule has 0 bridgehead atoms. The zero-order valence-corrected chi connectivity index (χ0v) is 9.98. The van der Waals surface area contributed by atoms with Crippen molar-refractivity contribution in [2.75, 3.05) is 5.01 Å². The summed E-state index contributed by atoms with van der Waals surface area (Å²) in [6.45, 7) is 7.44. The van der Waals surface area contributed by atoms with E-state index < -0.39 is 6.03 Å². The first-order valence-corrected chi connectivity index (χ1v) is 5.00. The van der Waals surface area contributed by atoms with E-state index in [0.29, 0.717) is 5.82 Å². The third-order valence-electron chi connectivity index (χ3n) is 2.27. The van der Waals surface area contributed by atoms with Gasteiger partial charge in [-0.3, -0.25) is 0 Å². The van der Waals surface area contributed by atoms with Crippen LogP contribution in [-0.4, -0.2) is 17.2 Å². The molecule has 0 aliphatic rings. The van der Waals surface area contributed by atoms with Gasteiger partial charge in [0.25, 0.3) is 0 Å². The van der Waals surface area contributed by atoms with Crippen LogP contribution in [0.1, 0.15) is 23.7 Å². The molecule has 1 heterocycles. The maximum atomic E-state index is 11.2. The molecule has 0 aliphatic carbocycles. The maximum absolute atomic E-state index is 11.2. The van der Waals surface area contributed by atoms with Gasteiger partial charge in [0.15, 0.2) is 5.82 Å². The maximum Gasteiger partial charge on any atom is 0.341 e. The summed E-state index contributed by atoms with van der Waals surface area (Å²) >= 11 is 0. The Morgan fingerprint density at radius 2 is 2.06 bits per heavy atom. The average molecular weight is 220 g/mol. The number of rotatable bonds is 2. The van der Waals surface area contributed by atoms with Crippen LogP contribution in [0.3, 0.4) is 0 Å². The van der Waals surface area contributed by atoms with Gasteiger partial charge in [0, 0.05) is 11.9 Å². The third kappa shape index (κ3) is 2.36. The largest absolute Gasteiger partial charge is 0.350 e. The summed E-state index contributed by atoms with van der Waals surface area (Å²) in [7, 11) is 0. The number of hydrazone groups is 1.